The van der Waals surface area contributed by atoms with Gasteiger partial charge in [0.2, 0.25) is 5.91 Å². The Labute approximate surface area is 127 Å². The van der Waals surface area contributed by atoms with Gasteiger partial charge in [-0.05, 0) is 25.1 Å². The number of aryl methyl sites for hydroxylation is 1. The third-order valence-electron chi connectivity index (χ3n) is 3.87. The lowest BCUT2D eigenvalue weighted by molar-refractivity contribution is -0.133. The molecule has 1 aliphatic heterocycles. The highest BCUT2D eigenvalue weighted by atomic mass is 19.1. The monoisotopic (exact) mass is 301 g/mol. The number of hydrogen-bond acceptors (Lipinski definition) is 3. The molecule has 2 amide bonds. The SMILES string of the molecule is Cc1cc(C(=O)N2CCN(C)C(=O)C2)c2ccc(F)cc2n1. The molecule has 2 aromatic rings. The fourth-order valence-corrected chi connectivity index (χ4v) is 2.61. The zero-order chi connectivity index (χ0) is 15.9. The summed E-state index contributed by atoms with van der Waals surface area (Å²) in [6, 6.07) is 5.87. The molecule has 1 aromatic carbocycles. The van der Waals surface area contributed by atoms with Crippen molar-refractivity contribution in [3.05, 3.63) is 41.3 Å². The number of rotatable bonds is 1. The van der Waals surface area contributed by atoms with Crippen molar-refractivity contribution >= 4 is 22.7 Å². The second-order valence-electron chi connectivity index (χ2n) is 5.51. The Morgan fingerprint density at radius 1 is 1.27 bits per heavy atom. The van der Waals surface area contributed by atoms with Gasteiger partial charge in [-0.3, -0.25) is 14.6 Å². The van der Waals surface area contributed by atoms with E-state index in [9.17, 15) is 14.0 Å². The molecule has 0 aliphatic carbocycles. The normalized spacial score (nSPS) is 15.5. The summed E-state index contributed by atoms with van der Waals surface area (Å²) in [6.45, 7) is 2.84. The van der Waals surface area contributed by atoms with E-state index in [0.29, 0.717) is 35.2 Å². The third-order valence-corrected chi connectivity index (χ3v) is 3.87. The van der Waals surface area contributed by atoms with E-state index >= 15 is 0 Å². The van der Waals surface area contributed by atoms with Crippen molar-refractivity contribution in [3.63, 3.8) is 0 Å². The number of carbonyl (C=O) groups excluding carboxylic acids is 2. The maximum Gasteiger partial charge on any atom is 0.255 e. The van der Waals surface area contributed by atoms with Crippen molar-refractivity contribution in [3.8, 4) is 0 Å². The number of carbonyl (C=O) groups is 2. The molecule has 0 N–H and O–H groups in total. The maximum atomic E-state index is 13.4. The topological polar surface area (TPSA) is 53.5 Å². The molecule has 0 saturated carbocycles. The van der Waals surface area contributed by atoms with Gasteiger partial charge in [0.25, 0.3) is 5.91 Å². The van der Waals surface area contributed by atoms with Crippen molar-refractivity contribution < 1.29 is 14.0 Å². The molecule has 5 nitrogen and oxygen atoms in total. The Kier molecular flexibility index (Phi) is 3.52. The number of fused-ring (bicyclic) bond motifs is 1. The van der Waals surface area contributed by atoms with E-state index in [1.807, 2.05) is 0 Å². The lowest BCUT2D eigenvalue weighted by Crippen LogP contribution is -2.50. The van der Waals surface area contributed by atoms with Gasteiger partial charge in [-0.2, -0.15) is 0 Å². The largest absolute Gasteiger partial charge is 0.342 e. The number of hydrogen-bond donors (Lipinski definition) is 0. The van der Waals surface area contributed by atoms with Crippen molar-refractivity contribution in [2.75, 3.05) is 26.7 Å². The first kappa shape index (κ1) is 14.4. The summed E-state index contributed by atoms with van der Waals surface area (Å²) in [5.74, 6) is -0.692. The van der Waals surface area contributed by atoms with E-state index in [0.717, 1.165) is 0 Å². The van der Waals surface area contributed by atoms with Gasteiger partial charge in [-0.1, -0.05) is 0 Å². The molecule has 0 unspecified atom stereocenters. The summed E-state index contributed by atoms with van der Waals surface area (Å²) in [5.41, 5.74) is 1.55. The number of aromatic nitrogens is 1. The van der Waals surface area contributed by atoms with Crippen LogP contribution in [-0.2, 0) is 4.79 Å². The number of piperazine rings is 1. The average molecular weight is 301 g/mol. The Hall–Kier alpha value is -2.50. The molecular formula is C16H16FN3O2. The number of halogens is 1. The summed E-state index contributed by atoms with van der Waals surface area (Å²) in [6.07, 6.45) is 0. The van der Waals surface area contributed by atoms with Gasteiger partial charge in [-0.15, -0.1) is 0 Å². The van der Waals surface area contributed by atoms with Crippen LogP contribution in [-0.4, -0.2) is 53.3 Å². The van der Waals surface area contributed by atoms with Gasteiger partial charge in [0.1, 0.15) is 12.4 Å². The van der Waals surface area contributed by atoms with Gasteiger partial charge < -0.3 is 9.80 Å². The minimum atomic E-state index is -0.390. The van der Waals surface area contributed by atoms with Crippen molar-refractivity contribution in [1.29, 1.82) is 0 Å². The van der Waals surface area contributed by atoms with E-state index in [4.69, 9.17) is 0 Å². The summed E-state index contributed by atoms with van der Waals surface area (Å²) in [7, 11) is 1.72. The maximum absolute atomic E-state index is 13.4. The first-order chi connectivity index (χ1) is 10.5. The third kappa shape index (κ3) is 2.52. The molecule has 22 heavy (non-hydrogen) atoms. The number of likely N-dealkylation sites (N-methyl/N-ethyl adjacent to an activating group) is 1. The molecule has 3 rings (SSSR count). The summed E-state index contributed by atoms with van der Waals surface area (Å²) in [4.78, 5) is 31.9. The van der Waals surface area contributed by atoms with Crippen LogP contribution < -0.4 is 0 Å². The summed E-state index contributed by atoms with van der Waals surface area (Å²) in [5, 5.41) is 0.600. The van der Waals surface area contributed by atoms with Gasteiger partial charge in [0.15, 0.2) is 0 Å². The molecule has 0 bridgehead atoms. The summed E-state index contributed by atoms with van der Waals surface area (Å²) < 4.78 is 13.4. The standard InChI is InChI=1S/C16H16FN3O2/c1-10-7-13(12-4-3-11(17)8-14(12)18-10)16(22)20-6-5-19(2)15(21)9-20/h3-4,7-8H,5-6,9H2,1-2H3. The number of pyridine rings is 1. The zero-order valence-electron chi connectivity index (χ0n) is 12.5. The number of nitrogens with zero attached hydrogens (tertiary/aromatic N) is 3. The van der Waals surface area contributed by atoms with Crippen molar-refractivity contribution in [2.24, 2.45) is 0 Å². The van der Waals surface area contributed by atoms with Crippen molar-refractivity contribution in [2.45, 2.75) is 6.92 Å². The van der Waals surface area contributed by atoms with Gasteiger partial charge in [-0.25, -0.2) is 4.39 Å². The second-order valence-corrected chi connectivity index (χ2v) is 5.51. The van der Waals surface area contributed by atoms with Crippen LogP contribution in [0.15, 0.2) is 24.3 Å². The Morgan fingerprint density at radius 2 is 2.05 bits per heavy atom. The minimum absolute atomic E-state index is 0.0688. The quantitative estimate of drug-likeness (QED) is 0.804. The molecule has 6 heteroatoms. The average Bonchev–Trinajstić information content (AvgIpc) is 2.48. The molecule has 114 valence electrons. The highest BCUT2D eigenvalue weighted by Gasteiger charge is 2.26. The molecule has 0 atom stereocenters. The van der Waals surface area contributed by atoms with Crippen LogP contribution in [0.1, 0.15) is 16.1 Å². The van der Waals surface area contributed by atoms with E-state index in [-0.39, 0.29) is 18.4 Å². The van der Waals surface area contributed by atoms with E-state index in [2.05, 4.69) is 4.98 Å². The predicted molar refractivity (Wildman–Crippen MR) is 80.0 cm³/mol. The lowest BCUT2D eigenvalue weighted by Gasteiger charge is -2.32. The molecule has 1 saturated heterocycles. The van der Waals surface area contributed by atoms with E-state index in [1.54, 1.807) is 31.0 Å². The van der Waals surface area contributed by atoms with E-state index in [1.165, 1.54) is 17.0 Å². The highest BCUT2D eigenvalue weighted by molar-refractivity contribution is 6.07. The first-order valence-corrected chi connectivity index (χ1v) is 7.06. The molecule has 1 aliphatic rings. The minimum Gasteiger partial charge on any atom is -0.342 e. The zero-order valence-corrected chi connectivity index (χ0v) is 12.5. The van der Waals surface area contributed by atoms with Crippen LogP contribution in [0, 0.1) is 12.7 Å². The van der Waals surface area contributed by atoms with Gasteiger partial charge in [0, 0.05) is 37.3 Å². The number of benzene rings is 1. The van der Waals surface area contributed by atoms with Crippen LogP contribution >= 0.6 is 0 Å². The molecule has 1 fully saturated rings. The van der Waals surface area contributed by atoms with Crippen LogP contribution in [0.25, 0.3) is 10.9 Å². The predicted octanol–water partition coefficient (Wildman–Crippen LogP) is 1.60. The Bertz CT molecular complexity index is 770. The van der Waals surface area contributed by atoms with E-state index < -0.39 is 5.82 Å². The van der Waals surface area contributed by atoms with Crippen LogP contribution in [0.3, 0.4) is 0 Å². The summed E-state index contributed by atoms with van der Waals surface area (Å²) >= 11 is 0. The lowest BCUT2D eigenvalue weighted by atomic mass is 10.1. The fraction of sp³-hybridized carbons (Fsp3) is 0.312. The molecule has 0 spiro atoms. The highest BCUT2D eigenvalue weighted by Crippen LogP contribution is 2.21. The van der Waals surface area contributed by atoms with Gasteiger partial charge >= 0.3 is 0 Å². The van der Waals surface area contributed by atoms with Crippen molar-refractivity contribution in [1.82, 2.24) is 14.8 Å². The molecular weight excluding hydrogens is 285 g/mol. The molecule has 0 radical (unpaired) electrons. The fourth-order valence-electron chi connectivity index (χ4n) is 2.61. The van der Waals surface area contributed by atoms with Gasteiger partial charge in [0.05, 0.1) is 11.1 Å². The molecule has 1 aromatic heterocycles. The Morgan fingerprint density at radius 3 is 2.77 bits per heavy atom. The van der Waals surface area contributed by atoms with Crippen LogP contribution in [0.2, 0.25) is 0 Å². The molecule has 2 heterocycles. The number of amides is 2. The first-order valence-electron chi connectivity index (χ1n) is 7.06. The smallest absolute Gasteiger partial charge is 0.255 e. The Balaban J connectivity index is 2.02. The van der Waals surface area contributed by atoms with Crippen LogP contribution in [0.5, 0.6) is 0 Å². The second kappa shape index (κ2) is 5.36. The van der Waals surface area contributed by atoms with Crippen LogP contribution in [0.4, 0.5) is 4.39 Å².